The molecule has 0 radical (unpaired) electrons. The molecule has 21 heavy (non-hydrogen) atoms. The Morgan fingerprint density at radius 1 is 1.00 bits per heavy atom. The van der Waals surface area contributed by atoms with Gasteiger partial charge in [0.2, 0.25) is 0 Å². The average Bonchev–Trinajstić information content (AvgIpc) is 3.04. The predicted molar refractivity (Wildman–Crippen MR) is 83.6 cm³/mol. The number of para-hydroxylation sites is 1. The van der Waals surface area contributed by atoms with Gasteiger partial charge < -0.3 is 0 Å². The highest BCUT2D eigenvalue weighted by atomic mass is 16.1. The number of carbonyl (C=O) groups is 1. The fourth-order valence-corrected chi connectivity index (χ4v) is 2.33. The van der Waals surface area contributed by atoms with Crippen LogP contribution in [0.1, 0.15) is 23.7 Å². The van der Waals surface area contributed by atoms with Crippen LogP contribution in [0.4, 0.5) is 0 Å². The van der Waals surface area contributed by atoms with E-state index in [2.05, 4.69) is 5.10 Å². The molecular weight excluding hydrogens is 260 g/mol. The standard InChI is InChI=1S/C18H16N2O/c1-2-18(21)15-10-8-14(9-11-15)17-12-13-19-20(17)16-6-4-3-5-7-16/h3-13H,2H2,1H3. The van der Waals surface area contributed by atoms with Gasteiger partial charge >= 0.3 is 0 Å². The molecule has 3 rings (SSSR count). The van der Waals surface area contributed by atoms with Gasteiger partial charge in [0, 0.05) is 17.5 Å². The lowest BCUT2D eigenvalue weighted by molar-refractivity contribution is 0.0988. The largest absolute Gasteiger partial charge is 0.294 e. The first-order valence-corrected chi connectivity index (χ1v) is 7.02. The van der Waals surface area contributed by atoms with Crippen molar-refractivity contribution in [3.63, 3.8) is 0 Å². The molecule has 0 unspecified atom stereocenters. The molecule has 3 nitrogen and oxygen atoms in total. The highest BCUT2D eigenvalue weighted by Crippen LogP contribution is 2.23. The lowest BCUT2D eigenvalue weighted by atomic mass is 10.0. The minimum Gasteiger partial charge on any atom is -0.294 e. The summed E-state index contributed by atoms with van der Waals surface area (Å²) in [5.41, 5.74) is 3.83. The van der Waals surface area contributed by atoms with Crippen molar-refractivity contribution in [1.82, 2.24) is 9.78 Å². The smallest absolute Gasteiger partial charge is 0.162 e. The van der Waals surface area contributed by atoms with Crippen LogP contribution in [0.3, 0.4) is 0 Å². The maximum absolute atomic E-state index is 11.7. The lowest BCUT2D eigenvalue weighted by Gasteiger charge is -2.08. The van der Waals surface area contributed by atoms with Gasteiger partial charge in [0.1, 0.15) is 0 Å². The molecule has 3 aromatic rings. The van der Waals surface area contributed by atoms with Crippen LogP contribution in [0.15, 0.2) is 66.9 Å². The predicted octanol–water partition coefficient (Wildman–Crippen LogP) is 4.13. The van der Waals surface area contributed by atoms with Crippen molar-refractivity contribution in [3.05, 3.63) is 72.4 Å². The Morgan fingerprint density at radius 2 is 1.71 bits per heavy atom. The number of hydrogen-bond acceptors (Lipinski definition) is 2. The third kappa shape index (κ3) is 2.63. The Morgan fingerprint density at radius 3 is 2.38 bits per heavy atom. The molecule has 0 bridgehead atoms. The number of aromatic nitrogens is 2. The van der Waals surface area contributed by atoms with Gasteiger partial charge in [0.05, 0.1) is 17.6 Å². The van der Waals surface area contributed by atoms with Crippen LogP contribution >= 0.6 is 0 Å². The number of Topliss-reactive ketones (excluding diaryl/α,β-unsaturated/α-hetero) is 1. The molecule has 0 saturated heterocycles. The van der Waals surface area contributed by atoms with Gasteiger partial charge in [0.15, 0.2) is 5.78 Å². The summed E-state index contributed by atoms with van der Waals surface area (Å²) >= 11 is 0. The van der Waals surface area contributed by atoms with Crippen molar-refractivity contribution in [2.45, 2.75) is 13.3 Å². The van der Waals surface area contributed by atoms with Crippen LogP contribution in [-0.2, 0) is 0 Å². The van der Waals surface area contributed by atoms with Crippen LogP contribution in [-0.4, -0.2) is 15.6 Å². The zero-order chi connectivity index (χ0) is 14.7. The Hall–Kier alpha value is -2.68. The van der Waals surface area contributed by atoms with E-state index in [1.165, 1.54) is 0 Å². The summed E-state index contributed by atoms with van der Waals surface area (Å²) in [7, 11) is 0. The zero-order valence-corrected chi connectivity index (χ0v) is 11.9. The molecule has 0 spiro atoms. The minimum absolute atomic E-state index is 0.165. The van der Waals surface area contributed by atoms with Crippen molar-refractivity contribution in [1.29, 1.82) is 0 Å². The summed E-state index contributed by atoms with van der Waals surface area (Å²) in [6.45, 7) is 1.88. The van der Waals surface area contributed by atoms with Crippen LogP contribution in [0.5, 0.6) is 0 Å². The average molecular weight is 276 g/mol. The van der Waals surface area contributed by atoms with Gasteiger partial charge in [-0.2, -0.15) is 5.10 Å². The monoisotopic (exact) mass is 276 g/mol. The highest BCUT2D eigenvalue weighted by Gasteiger charge is 2.08. The van der Waals surface area contributed by atoms with Crippen LogP contribution in [0, 0.1) is 0 Å². The number of hydrogen-bond donors (Lipinski definition) is 0. The van der Waals surface area contributed by atoms with E-state index in [0.717, 1.165) is 22.5 Å². The number of rotatable bonds is 4. The van der Waals surface area contributed by atoms with Gasteiger partial charge in [-0.3, -0.25) is 4.79 Å². The summed E-state index contributed by atoms with van der Waals surface area (Å²) in [5, 5.41) is 4.39. The van der Waals surface area contributed by atoms with Crippen molar-refractivity contribution in [2.75, 3.05) is 0 Å². The van der Waals surface area contributed by atoms with Crippen LogP contribution < -0.4 is 0 Å². The first kappa shape index (κ1) is 13.3. The van der Waals surface area contributed by atoms with E-state index in [4.69, 9.17) is 0 Å². The maximum atomic E-state index is 11.7. The van der Waals surface area contributed by atoms with Gasteiger partial charge in [-0.15, -0.1) is 0 Å². The van der Waals surface area contributed by atoms with Gasteiger partial charge in [-0.1, -0.05) is 49.4 Å². The summed E-state index contributed by atoms with van der Waals surface area (Å²) in [5.74, 6) is 0.165. The molecule has 0 atom stereocenters. The van der Waals surface area contributed by atoms with E-state index in [9.17, 15) is 4.79 Å². The molecule has 2 aromatic carbocycles. The molecule has 0 aliphatic rings. The van der Waals surface area contributed by atoms with E-state index in [0.29, 0.717) is 6.42 Å². The molecule has 3 heteroatoms. The second-order valence-corrected chi connectivity index (χ2v) is 4.82. The first-order chi connectivity index (χ1) is 10.3. The van der Waals surface area contributed by atoms with Crippen molar-refractivity contribution >= 4 is 5.78 Å². The zero-order valence-electron chi connectivity index (χ0n) is 11.9. The molecule has 1 heterocycles. The SMILES string of the molecule is CCC(=O)c1ccc(-c2ccnn2-c2ccccc2)cc1. The fraction of sp³-hybridized carbons (Fsp3) is 0.111. The van der Waals surface area contributed by atoms with Crippen LogP contribution in [0.25, 0.3) is 16.9 Å². The third-order valence-corrected chi connectivity index (χ3v) is 3.47. The van der Waals surface area contributed by atoms with Crippen molar-refractivity contribution in [2.24, 2.45) is 0 Å². The second kappa shape index (κ2) is 5.75. The number of ketones is 1. The van der Waals surface area contributed by atoms with Crippen molar-refractivity contribution < 1.29 is 4.79 Å². The van der Waals surface area contributed by atoms with Crippen LogP contribution in [0.2, 0.25) is 0 Å². The molecule has 0 aliphatic carbocycles. The van der Waals surface area contributed by atoms with Gasteiger partial charge in [-0.25, -0.2) is 4.68 Å². The highest BCUT2D eigenvalue weighted by molar-refractivity contribution is 5.96. The number of carbonyl (C=O) groups excluding carboxylic acids is 1. The minimum atomic E-state index is 0.165. The summed E-state index contributed by atoms with van der Waals surface area (Å²) < 4.78 is 1.90. The molecule has 1 aromatic heterocycles. The third-order valence-electron chi connectivity index (χ3n) is 3.47. The maximum Gasteiger partial charge on any atom is 0.162 e. The number of benzene rings is 2. The number of nitrogens with zero attached hydrogens (tertiary/aromatic N) is 2. The summed E-state index contributed by atoms with van der Waals surface area (Å²) in [6.07, 6.45) is 2.31. The molecule has 104 valence electrons. The first-order valence-electron chi connectivity index (χ1n) is 7.02. The molecule has 0 N–H and O–H groups in total. The second-order valence-electron chi connectivity index (χ2n) is 4.82. The summed E-state index contributed by atoms with van der Waals surface area (Å²) in [6, 6.07) is 19.7. The van der Waals surface area contributed by atoms with Gasteiger partial charge in [-0.05, 0) is 18.2 Å². The Labute approximate surface area is 123 Å². The van der Waals surface area contributed by atoms with E-state index in [1.54, 1.807) is 6.20 Å². The molecule has 0 fully saturated rings. The van der Waals surface area contributed by atoms with E-state index >= 15 is 0 Å². The Kier molecular flexibility index (Phi) is 3.65. The van der Waals surface area contributed by atoms with E-state index in [-0.39, 0.29) is 5.78 Å². The molecule has 0 amide bonds. The quantitative estimate of drug-likeness (QED) is 0.671. The van der Waals surface area contributed by atoms with E-state index < -0.39 is 0 Å². The molecular formula is C18H16N2O. The van der Waals surface area contributed by atoms with Crippen molar-refractivity contribution in [3.8, 4) is 16.9 Å². The fourth-order valence-electron chi connectivity index (χ4n) is 2.33. The Bertz CT molecular complexity index is 742. The molecule has 0 saturated carbocycles. The Balaban J connectivity index is 1.99. The normalized spacial score (nSPS) is 10.5. The summed E-state index contributed by atoms with van der Waals surface area (Å²) in [4.78, 5) is 11.7. The van der Waals surface area contributed by atoms with E-state index in [1.807, 2.05) is 72.3 Å². The topological polar surface area (TPSA) is 34.9 Å². The van der Waals surface area contributed by atoms with Gasteiger partial charge in [0.25, 0.3) is 0 Å². The lowest BCUT2D eigenvalue weighted by Crippen LogP contribution is -1.99. The molecule has 0 aliphatic heterocycles.